The molecule has 1 N–H and O–H groups in total. The molecule has 2 fully saturated rings. The highest BCUT2D eigenvalue weighted by molar-refractivity contribution is 7.18. The zero-order valence-corrected chi connectivity index (χ0v) is 14.0. The monoisotopic (exact) mass is 345 g/mol. The van der Waals surface area contributed by atoms with Crippen molar-refractivity contribution in [3.8, 4) is 0 Å². The van der Waals surface area contributed by atoms with Crippen LogP contribution >= 0.6 is 11.3 Å². The van der Waals surface area contributed by atoms with Crippen LogP contribution in [0.2, 0.25) is 0 Å². The highest BCUT2D eigenvalue weighted by Gasteiger charge is 2.30. The van der Waals surface area contributed by atoms with E-state index in [1.165, 1.54) is 17.7 Å². The molecule has 3 heterocycles. The topological polar surface area (TPSA) is 80.1 Å². The van der Waals surface area contributed by atoms with Crippen molar-refractivity contribution in [1.29, 1.82) is 0 Å². The summed E-state index contributed by atoms with van der Waals surface area (Å²) >= 11 is 1.35. The smallest absolute Gasteiger partial charge is 0.264 e. The van der Waals surface area contributed by atoms with Crippen molar-refractivity contribution in [3.05, 3.63) is 29.7 Å². The normalized spacial score (nSPS) is 20.8. The second-order valence-electron chi connectivity index (χ2n) is 6.35. The van der Waals surface area contributed by atoms with Crippen LogP contribution in [0, 0.1) is 5.92 Å². The number of hydrogen-bond donors (Lipinski definition) is 1. The van der Waals surface area contributed by atoms with Crippen LogP contribution in [0.5, 0.6) is 0 Å². The number of likely N-dealkylation sites (tertiary alicyclic amines) is 1. The van der Waals surface area contributed by atoms with E-state index in [9.17, 15) is 9.59 Å². The Labute approximate surface area is 143 Å². The van der Waals surface area contributed by atoms with Crippen molar-refractivity contribution in [2.45, 2.75) is 31.7 Å². The van der Waals surface area contributed by atoms with E-state index in [1.807, 2.05) is 15.6 Å². The molecule has 2 aromatic heterocycles. The van der Waals surface area contributed by atoms with Gasteiger partial charge in [-0.15, -0.1) is 11.3 Å². The minimum Gasteiger partial charge on any atom is -0.336 e. The number of thiophene rings is 1. The van der Waals surface area contributed by atoms with Gasteiger partial charge < -0.3 is 10.2 Å². The average Bonchev–Trinajstić information content (AvgIpc) is 3.12. The SMILES string of the molecule is O=C(Nc1ccc(C(=O)N2CCCC(n3cncn3)C2)s1)C1CC1. The molecule has 0 spiro atoms. The Morgan fingerprint density at radius 2 is 2.12 bits per heavy atom. The highest BCUT2D eigenvalue weighted by Crippen LogP contribution is 2.32. The third kappa shape index (κ3) is 3.19. The van der Waals surface area contributed by atoms with Gasteiger partial charge in [0.2, 0.25) is 5.91 Å². The number of aromatic nitrogens is 3. The predicted molar refractivity (Wildman–Crippen MR) is 89.9 cm³/mol. The molecule has 0 aromatic carbocycles. The molecule has 7 nitrogen and oxygen atoms in total. The Bertz CT molecular complexity index is 737. The van der Waals surface area contributed by atoms with E-state index in [4.69, 9.17) is 0 Å². The van der Waals surface area contributed by atoms with Gasteiger partial charge in [-0.2, -0.15) is 5.10 Å². The number of nitrogens with one attached hydrogen (secondary N) is 1. The van der Waals surface area contributed by atoms with Gasteiger partial charge in [0.1, 0.15) is 12.7 Å². The van der Waals surface area contributed by atoms with Gasteiger partial charge in [-0.05, 0) is 37.8 Å². The first-order valence-electron chi connectivity index (χ1n) is 8.25. The third-order valence-electron chi connectivity index (χ3n) is 4.51. The number of piperidine rings is 1. The van der Waals surface area contributed by atoms with E-state index in [1.54, 1.807) is 12.4 Å². The molecule has 2 amide bonds. The Hall–Kier alpha value is -2.22. The maximum atomic E-state index is 12.7. The van der Waals surface area contributed by atoms with Crippen LogP contribution in [-0.2, 0) is 4.79 Å². The largest absolute Gasteiger partial charge is 0.336 e. The van der Waals surface area contributed by atoms with Crippen LogP contribution in [0.25, 0.3) is 0 Å². The number of carbonyl (C=O) groups excluding carboxylic acids is 2. The lowest BCUT2D eigenvalue weighted by atomic mass is 10.1. The Morgan fingerprint density at radius 3 is 2.88 bits per heavy atom. The first-order chi connectivity index (χ1) is 11.7. The first-order valence-corrected chi connectivity index (χ1v) is 9.06. The second kappa shape index (κ2) is 6.35. The lowest BCUT2D eigenvalue weighted by molar-refractivity contribution is -0.117. The molecule has 1 unspecified atom stereocenters. The van der Waals surface area contributed by atoms with Crippen molar-refractivity contribution in [2.24, 2.45) is 5.92 Å². The van der Waals surface area contributed by atoms with Gasteiger partial charge in [0.15, 0.2) is 0 Å². The summed E-state index contributed by atoms with van der Waals surface area (Å²) in [6.07, 6.45) is 7.12. The minimum atomic E-state index is 0.0248. The van der Waals surface area contributed by atoms with Crippen LogP contribution in [0.4, 0.5) is 5.00 Å². The number of rotatable bonds is 4. The summed E-state index contributed by atoms with van der Waals surface area (Å²) in [7, 11) is 0. The fourth-order valence-corrected chi connectivity index (χ4v) is 3.88. The average molecular weight is 345 g/mol. The van der Waals surface area contributed by atoms with E-state index in [0.29, 0.717) is 11.4 Å². The van der Waals surface area contributed by atoms with Crippen LogP contribution < -0.4 is 5.32 Å². The molecular formula is C16H19N5O2S. The quantitative estimate of drug-likeness (QED) is 0.921. The maximum absolute atomic E-state index is 12.7. The molecule has 4 rings (SSSR count). The van der Waals surface area contributed by atoms with Crippen LogP contribution in [-0.4, -0.2) is 44.6 Å². The number of amides is 2. The van der Waals surface area contributed by atoms with Gasteiger partial charge in [0, 0.05) is 19.0 Å². The zero-order chi connectivity index (χ0) is 16.5. The summed E-state index contributed by atoms with van der Waals surface area (Å²) in [4.78, 5) is 31.1. The highest BCUT2D eigenvalue weighted by atomic mass is 32.1. The molecule has 1 aliphatic heterocycles. The summed E-state index contributed by atoms with van der Waals surface area (Å²) in [5.74, 6) is 0.258. The molecule has 24 heavy (non-hydrogen) atoms. The van der Waals surface area contributed by atoms with Gasteiger partial charge in [-0.1, -0.05) is 0 Å². The van der Waals surface area contributed by atoms with Gasteiger partial charge >= 0.3 is 0 Å². The predicted octanol–water partition coefficient (Wildman–Crippen LogP) is 2.17. The standard InChI is InChI=1S/C16H19N5O2S/c22-15(11-3-4-11)19-14-6-5-13(24-14)16(23)20-7-1-2-12(8-20)21-10-17-9-18-21/h5-6,9-12H,1-4,7-8H2,(H,19,22). The van der Waals surface area contributed by atoms with Crippen molar-refractivity contribution in [2.75, 3.05) is 18.4 Å². The van der Waals surface area contributed by atoms with E-state index in [-0.39, 0.29) is 23.8 Å². The first kappa shape index (κ1) is 15.3. The molecule has 1 saturated carbocycles. The summed E-state index contributed by atoms with van der Waals surface area (Å²) in [5.41, 5.74) is 0. The molecule has 1 atom stereocenters. The van der Waals surface area contributed by atoms with Crippen LogP contribution in [0.1, 0.15) is 41.4 Å². The lowest BCUT2D eigenvalue weighted by Gasteiger charge is -2.32. The molecule has 8 heteroatoms. The Kier molecular flexibility index (Phi) is 4.05. The summed E-state index contributed by atoms with van der Waals surface area (Å²) in [6, 6.07) is 3.80. The van der Waals surface area contributed by atoms with Gasteiger partial charge in [-0.25, -0.2) is 9.67 Å². The summed E-state index contributed by atoms with van der Waals surface area (Å²) < 4.78 is 1.83. The van der Waals surface area contributed by atoms with Crippen molar-refractivity contribution in [1.82, 2.24) is 19.7 Å². The zero-order valence-electron chi connectivity index (χ0n) is 13.2. The molecule has 0 radical (unpaired) electrons. The molecule has 1 saturated heterocycles. The number of anilines is 1. The number of hydrogen-bond acceptors (Lipinski definition) is 5. The third-order valence-corrected chi connectivity index (χ3v) is 5.49. The van der Waals surface area contributed by atoms with Crippen molar-refractivity contribution >= 4 is 28.2 Å². The van der Waals surface area contributed by atoms with Crippen molar-refractivity contribution in [3.63, 3.8) is 0 Å². The lowest BCUT2D eigenvalue weighted by Crippen LogP contribution is -2.40. The molecule has 2 aliphatic rings. The van der Waals surface area contributed by atoms with E-state index >= 15 is 0 Å². The Balaban J connectivity index is 1.41. The fourth-order valence-electron chi connectivity index (χ4n) is 3.01. The van der Waals surface area contributed by atoms with Crippen molar-refractivity contribution < 1.29 is 9.59 Å². The van der Waals surface area contributed by atoms with Gasteiger partial charge in [0.05, 0.1) is 15.9 Å². The molecule has 0 bridgehead atoms. The van der Waals surface area contributed by atoms with Crippen LogP contribution in [0.3, 0.4) is 0 Å². The Morgan fingerprint density at radius 1 is 1.25 bits per heavy atom. The maximum Gasteiger partial charge on any atom is 0.264 e. The minimum absolute atomic E-state index is 0.0248. The van der Waals surface area contributed by atoms with E-state index in [2.05, 4.69) is 15.4 Å². The van der Waals surface area contributed by atoms with Gasteiger partial charge in [-0.3, -0.25) is 9.59 Å². The second-order valence-corrected chi connectivity index (χ2v) is 7.43. The number of carbonyl (C=O) groups is 2. The molecule has 1 aliphatic carbocycles. The van der Waals surface area contributed by atoms with E-state index < -0.39 is 0 Å². The fraction of sp³-hybridized carbons (Fsp3) is 0.500. The molecular weight excluding hydrogens is 326 g/mol. The van der Waals surface area contributed by atoms with E-state index in [0.717, 1.165) is 37.2 Å². The number of nitrogens with zero attached hydrogens (tertiary/aromatic N) is 4. The van der Waals surface area contributed by atoms with Gasteiger partial charge in [0.25, 0.3) is 5.91 Å². The summed E-state index contributed by atoms with van der Waals surface area (Å²) in [6.45, 7) is 1.40. The van der Waals surface area contributed by atoms with Crippen LogP contribution in [0.15, 0.2) is 24.8 Å². The molecule has 126 valence electrons. The summed E-state index contributed by atoms with van der Waals surface area (Å²) in [5, 5.41) is 7.84. The molecule has 2 aromatic rings.